The van der Waals surface area contributed by atoms with Crippen LogP contribution in [0.3, 0.4) is 0 Å². The van der Waals surface area contributed by atoms with Crippen molar-refractivity contribution < 1.29 is 27.8 Å². The molecule has 0 amide bonds. The molecular weight excluding hydrogens is 399 g/mol. The molecule has 6 nitrogen and oxygen atoms in total. The molecule has 0 aliphatic carbocycles. The van der Waals surface area contributed by atoms with Crippen LogP contribution in [0.25, 0.3) is 0 Å². The van der Waals surface area contributed by atoms with Gasteiger partial charge < -0.3 is 9.84 Å². The van der Waals surface area contributed by atoms with Gasteiger partial charge in [-0.3, -0.25) is 10.2 Å². The van der Waals surface area contributed by atoms with Crippen LogP contribution in [0.1, 0.15) is 29.0 Å². The van der Waals surface area contributed by atoms with Gasteiger partial charge in [0.05, 0.1) is 25.2 Å². The number of methoxy groups -OCH3 is 1. The SMILES string of the molecule is COC(=O)CC(c1ccc(C#N)cc1)C1C(O)NNC1Cc1cc(F)c(F)cc1F. The molecule has 3 rings (SSSR count). The van der Waals surface area contributed by atoms with Crippen LogP contribution in [0.2, 0.25) is 0 Å². The average molecular weight is 419 g/mol. The Kier molecular flexibility index (Phi) is 6.72. The Morgan fingerprint density at radius 2 is 1.83 bits per heavy atom. The molecule has 0 saturated carbocycles. The number of nitrogens with zero attached hydrogens (tertiary/aromatic N) is 1. The van der Waals surface area contributed by atoms with Gasteiger partial charge in [-0.1, -0.05) is 12.1 Å². The van der Waals surface area contributed by atoms with Crippen molar-refractivity contribution in [3.05, 3.63) is 70.5 Å². The van der Waals surface area contributed by atoms with E-state index < -0.39 is 47.5 Å². The van der Waals surface area contributed by atoms with E-state index in [1.54, 1.807) is 24.3 Å². The van der Waals surface area contributed by atoms with E-state index in [0.29, 0.717) is 17.2 Å². The van der Waals surface area contributed by atoms with Gasteiger partial charge >= 0.3 is 5.97 Å². The fourth-order valence-electron chi connectivity index (χ4n) is 3.79. The van der Waals surface area contributed by atoms with Crippen LogP contribution >= 0.6 is 0 Å². The van der Waals surface area contributed by atoms with Gasteiger partial charge in [0.15, 0.2) is 11.6 Å². The summed E-state index contributed by atoms with van der Waals surface area (Å²) < 4.78 is 45.8. The molecule has 4 atom stereocenters. The Morgan fingerprint density at radius 3 is 2.47 bits per heavy atom. The molecule has 2 aromatic carbocycles. The fraction of sp³-hybridized carbons (Fsp3) is 0.333. The predicted molar refractivity (Wildman–Crippen MR) is 100 cm³/mol. The van der Waals surface area contributed by atoms with E-state index >= 15 is 0 Å². The van der Waals surface area contributed by atoms with Crippen molar-refractivity contribution >= 4 is 5.97 Å². The van der Waals surface area contributed by atoms with E-state index in [2.05, 4.69) is 10.9 Å². The van der Waals surface area contributed by atoms with Crippen molar-refractivity contribution in [2.24, 2.45) is 5.92 Å². The van der Waals surface area contributed by atoms with Crippen LogP contribution < -0.4 is 10.9 Å². The van der Waals surface area contributed by atoms with Gasteiger partial charge in [0.2, 0.25) is 0 Å². The Bertz CT molecular complexity index is 962. The number of aliphatic hydroxyl groups excluding tert-OH is 1. The van der Waals surface area contributed by atoms with E-state index in [4.69, 9.17) is 10.00 Å². The second kappa shape index (κ2) is 9.26. The highest BCUT2D eigenvalue weighted by atomic mass is 19.2. The molecule has 1 aliphatic rings. The molecule has 30 heavy (non-hydrogen) atoms. The molecule has 1 aliphatic heterocycles. The molecule has 1 heterocycles. The standard InChI is InChI=1S/C21H20F3N3O3/c1-30-19(28)8-14(12-4-2-11(10-25)3-5-12)20-18(26-27-21(20)29)7-13-6-16(23)17(24)9-15(13)22/h2-6,9,14,18,20-21,26-27,29H,7-8H2,1H3. The lowest BCUT2D eigenvalue weighted by molar-refractivity contribution is -0.141. The van der Waals surface area contributed by atoms with Gasteiger partial charge in [0.25, 0.3) is 0 Å². The summed E-state index contributed by atoms with van der Waals surface area (Å²) in [6.07, 6.45) is -1.25. The van der Waals surface area contributed by atoms with Crippen molar-refractivity contribution in [1.29, 1.82) is 5.26 Å². The van der Waals surface area contributed by atoms with Crippen LogP contribution in [-0.2, 0) is 16.0 Å². The molecule has 1 fully saturated rings. The molecule has 3 N–H and O–H groups in total. The number of esters is 1. The zero-order valence-corrected chi connectivity index (χ0v) is 16.0. The van der Waals surface area contributed by atoms with Crippen molar-refractivity contribution in [2.45, 2.75) is 31.0 Å². The Labute approximate surface area is 171 Å². The number of carbonyl (C=O) groups excluding carboxylic acids is 1. The summed E-state index contributed by atoms with van der Waals surface area (Å²) in [5.41, 5.74) is 6.54. The molecule has 158 valence electrons. The number of carbonyl (C=O) groups is 1. The summed E-state index contributed by atoms with van der Waals surface area (Å²) >= 11 is 0. The minimum atomic E-state index is -1.29. The van der Waals surface area contributed by atoms with Crippen LogP contribution in [0.4, 0.5) is 13.2 Å². The summed E-state index contributed by atoms with van der Waals surface area (Å²) in [7, 11) is 1.24. The van der Waals surface area contributed by atoms with Crippen molar-refractivity contribution in [3.8, 4) is 6.07 Å². The summed E-state index contributed by atoms with van der Waals surface area (Å²) in [5.74, 6) is -5.07. The lowest BCUT2D eigenvalue weighted by atomic mass is 9.77. The molecule has 1 saturated heterocycles. The van der Waals surface area contributed by atoms with Crippen LogP contribution in [0, 0.1) is 34.7 Å². The number of hydrazine groups is 1. The van der Waals surface area contributed by atoms with E-state index in [1.807, 2.05) is 6.07 Å². The lowest BCUT2D eigenvalue weighted by Gasteiger charge is -2.29. The topological polar surface area (TPSA) is 94.4 Å². The zero-order chi connectivity index (χ0) is 21.8. The maximum atomic E-state index is 14.2. The summed E-state index contributed by atoms with van der Waals surface area (Å²) in [6, 6.07) is 9.18. The third-order valence-corrected chi connectivity index (χ3v) is 5.32. The third kappa shape index (κ3) is 4.62. The smallest absolute Gasteiger partial charge is 0.306 e. The average Bonchev–Trinajstić information content (AvgIpc) is 3.10. The second-order valence-electron chi connectivity index (χ2n) is 7.10. The molecular formula is C21H20F3N3O3. The highest BCUT2D eigenvalue weighted by molar-refractivity contribution is 5.70. The first-order valence-corrected chi connectivity index (χ1v) is 9.23. The minimum absolute atomic E-state index is 0.0638. The van der Waals surface area contributed by atoms with Gasteiger partial charge in [0.1, 0.15) is 12.0 Å². The van der Waals surface area contributed by atoms with E-state index in [-0.39, 0.29) is 18.4 Å². The summed E-state index contributed by atoms with van der Waals surface area (Å²) in [6.45, 7) is 0. The molecule has 9 heteroatoms. The number of ether oxygens (including phenoxy) is 1. The maximum absolute atomic E-state index is 14.2. The van der Waals surface area contributed by atoms with Gasteiger partial charge in [-0.25, -0.2) is 18.6 Å². The van der Waals surface area contributed by atoms with Crippen LogP contribution in [0.15, 0.2) is 36.4 Å². The summed E-state index contributed by atoms with van der Waals surface area (Å²) in [4.78, 5) is 12.0. The van der Waals surface area contributed by atoms with Crippen LogP contribution in [-0.4, -0.2) is 30.5 Å². The number of rotatable bonds is 6. The van der Waals surface area contributed by atoms with Crippen molar-refractivity contribution in [2.75, 3.05) is 7.11 Å². The minimum Gasteiger partial charge on any atom is -0.469 e. The number of nitrogens with one attached hydrogen (secondary N) is 2. The second-order valence-corrected chi connectivity index (χ2v) is 7.10. The number of hydrogen-bond acceptors (Lipinski definition) is 6. The Hall–Kier alpha value is -2.93. The van der Waals surface area contributed by atoms with Gasteiger partial charge in [-0.15, -0.1) is 0 Å². The highest BCUT2D eigenvalue weighted by Gasteiger charge is 2.42. The molecule has 0 spiro atoms. The molecule has 0 radical (unpaired) electrons. The molecule has 0 bridgehead atoms. The monoisotopic (exact) mass is 419 g/mol. The molecule has 2 aromatic rings. The third-order valence-electron chi connectivity index (χ3n) is 5.32. The number of halogens is 3. The molecule has 0 aromatic heterocycles. The maximum Gasteiger partial charge on any atom is 0.306 e. The fourth-order valence-corrected chi connectivity index (χ4v) is 3.79. The first kappa shape index (κ1) is 21.8. The van der Waals surface area contributed by atoms with Gasteiger partial charge in [-0.2, -0.15) is 5.26 Å². The normalized spacial score (nSPS) is 21.8. The quantitative estimate of drug-likeness (QED) is 0.491. The first-order chi connectivity index (χ1) is 14.3. The van der Waals surface area contributed by atoms with Gasteiger partial charge in [0, 0.05) is 23.9 Å². The largest absolute Gasteiger partial charge is 0.469 e. The summed E-state index contributed by atoms with van der Waals surface area (Å²) in [5, 5.41) is 19.5. The Morgan fingerprint density at radius 1 is 1.17 bits per heavy atom. The van der Waals surface area contributed by atoms with E-state index in [1.165, 1.54) is 7.11 Å². The highest BCUT2D eigenvalue weighted by Crippen LogP contribution is 2.36. The van der Waals surface area contributed by atoms with Crippen molar-refractivity contribution in [1.82, 2.24) is 10.9 Å². The van der Waals surface area contributed by atoms with Crippen molar-refractivity contribution in [3.63, 3.8) is 0 Å². The van der Waals surface area contributed by atoms with Gasteiger partial charge in [-0.05, 0) is 35.7 Å². The lowest BCUT2D eigenvalue weighted by Crippen LogP contribution is -2.36. The first-order valence-electron chi connectivity index (χ1n) is 9.23. The number of aliphatic hydroxyl groups is 1. The zero-order valence-electron chi connectivity index (χ0n) is 16.0. The number of hydrogen-bond donors (Lipinski definition) is 3. The Balaban J connectivity index is 1.94. The number of nitriles is 1. The number of benzene rings is 2. The van der Waals surface area contributed by atoms with E-state index in [0.717, 1.165) is 6.07 Å². The van der Waals surface area contributed by atoms with E-state index in [9.17, 15) is 23.1 Å². The molecule has 4 unspecified atom stereocenters. The van der Waals surface area contributed by atoms with Crippen LogP contribution in [0.5, 0.6) is 0 Å². The predicted octanol–water partition coefficient (Wildman–Crippen LogP) is 2.28.